The van der Waals surface area contributed by atoms with E-state index in [1.165, 1.54) is 49.3 Å². The second-order valence-electron chi connectivity index (χ2n) is 6.41. The molecule has 1 aliphatic rings. The van der Waals surface area contributed by atoms with Gasteiger partial charge in [0.2, 0.25) is 10.3 Å². The van der Waals surface area contributed by atoms with E-state index in [1.807, 2.05) is 6.07 Å². The van der Waals surface area contributed by atoms with Crippen LogP contribution in [-0.4, -0.2) is 41.3 Å². The van der Waals surface area contributed by atoms with Crippen LogP contribution in [0.2, 0.25) is 0 Å². The molecule has 0 radical (unpaired) electrons. The number of nitrogens with two attached hydrogens (primary N) is 1. The van der Waals surface area contributed by atoms with E-state index in [9.17, 15) is 0 Å². The van der Waals surface area contributed by atoms with Crippen LogP contribution in [-0.2, 0) is 6.54 Å². The zero-order chi connectivity index (χ0) is 17.3. The largest absolute Gasteiger partial charge is 0.494 e. The normalized spacial score (nSPS) is 15.2. The number of benzene rings is 1. The molecule has 7 heteroatoms. The fourth-order valence-electron chi connectivity index (χ4n) is 3.03. The molecule has 0 aliphatic carbocycles. The van der Waals surface area contributed by atoms with Crippen LogP contribution in [0.5, 0.6) is 5.75 Å². The number of rotatable bonds is 9. The molecule has 1 saturated heterocycles. The lowest BCUT2D eigenvalue weighted by Crippen LogP contribution is -2.29. The number of ether oxygens (including phenoxy) is 1. The van der Waals surface area contributed by atoms with Crippen molar-refractivity contribution >= 4 is 21.6 Å². The molecule has 25 heavy (non-hydrogen) atoms. The molecule has 6 nitrogen and oxygen atoms in total. The molecule has 0 saturated carbocycles. The highest BCUT2D eigenvalue weighted by Gasteiger charge is 2.10. The molecular weight excluding hydrogens is 334 g/mol. The maximum atomic E-state index is 5.90. The molecule has 0 atom stereocenters. The number of likely N-dealkylation sites (tertiary alicyclic amines) is 1. The summed E-state index contributed by atoms with van der Waals surface area (Å²) < 4.78 is 5.90. The average Bonchev–Trinajstić information content (AvgIpc) is 3.04. The number of unbranched alkanes of at least 4 members (excludes halogenated alkanes) is 1. The summed E-state index contributed by atoms with van der Waals surface area (Å²) in [4.78, 5) is 2.54. The van der Waals surface area contributed by atoms with Gasteiger partial charge >= 0.3 is 0 Å². The molecule has 2 heterocycles. The Morgan fingerprint density at radius 3 is 2.84 bits per heavy atom. The summed E-state index contributed by atoms with van der Waals surface area (Å²) in [5, 5.41) is 12.2. The van der Waals surface area contributed by atoms with Gasteiger partial charge in [-0.25, -0.2) is 0 Å². The summed E-state index contributed by atoms with van der Waals surface area (Å²) in [6.45, 7) is 5.06. The van der Waals surface area contributed by atoms with E-state index in [4.69, 9.17) is 10.5 Å². The second-order valence-corrected chi connectivity index (χ2v) is 7.42. The van der Waals surface area contributed by atoms with Gasteiger partial charge in [0.1, 0.15) is 5.75 Å². The number of aromatic nitrogens is 2. The Balaban J connectivity index is 1.33. The van der Waals surface area contributed by atoms with E-state index >= 15 is 0 Å². The van der Waals surface area contributed by atoms with E-state index in [0.717, 1.165) is 43.4 Å². The Kier molecular flexibility index (Phi) is 6.88. The lowest BCUT2D eigenvalue weighted by atomic mass is 10.1. The first-order valence-electron chi connectivity index (χ1n) is 9.06. The first-order chi connectivity index (χ1) is 12.3. The third kappa shape index (κ3) is 6.17. The molecule has 1 aromatic carbocycles. The lowest BCUT2D eigenvalue weighted by Gasteiger charge is -2.26. The van der Waals surface area contributed by atoms with Crippen molar-refractivity contribution in [3.8, 4) is 5.75 Å². The molecule has 1 aliphatic heterocycles. The molecule has 1 fully saturated rings. The van der Waals surface area contributed by atoms with Crippen molar-refractivity contribution in [1.29, 1.82) is 0 Å². The van der Waals surface area contributed by atoms with E-state index < -0.39 is 0 Å². The zero-order valence-corrected chi connectivity index (χ0v) is 15.4. The molecule has 0 bridgehead atoms. The highest BCUT2D eigenvalue weighted by Crippen LogP contribution is 2.18. The Morgan fingerprint density at radius 2 is 2.04 bits per heavy atom. The second kappa shape index (κ2) is 9.58. The minimum absolute atomic E-state index is 0.496. The highest BCUT2D eigenvalue weighted by molar-refractivity contribution is 7.18. The van der Waals surface area contributed by atoms with Gasteiger partial charge < -0.3 is 15.8 Å². The van der Waals surface area contributed by atoms with Gasteiger partial charge in [0, 0.05) is 13.1 Å². The van der Waals surface area contributed by atoms with E-state index in [1.54, 1.807) is 0 Å². The highest BCUT2D eigenvalue weighted by atomic mass is 32.1. The summed E-state index contributed by atoms with van der Waals surface area (Å²) in [6.07, 6.45) is 6.05. The van der Waals surface area contributed by atoms with Gasteiger partial charge in [0.05, 0.1) is 6.61 Å². The monoisotopic (exact) mass is 361 g/mol. The summed E-state index contributed by atoms with van der Waals surface area (Å²) >= 11 is 1.37. The van der Waals surface area contributed by atoms with Gasteiger partial charge in [-0.2, -0.15) is 0 Å². The zero-order valence-electron chi connectivity index (χ0n) is 14.6. The number of anilines is 2. The Bertz CT molecular complexity index is 642. The Labute approximate surface area is 153 Å². The van der Waals surface area contributed by atoms with Crippen LogP contribution in [0, 0.1) is 0 Å². The van der Waals surface area contributed by atoms with Crippen molar-refractivity contribution in [1.82, 2.24) is 15.1 Å². The fraction of sp³-hybridized carbons (Fsp3) is 0.556. The van der Waals surface area contributed by atoms with Crippen molar-refractivity contribution in [2.24, 2.45) is 0 Å². The van der Waals surface area contributed by atoms with Crippen LogP contribution in [0.4, 0.5) is 10.3 Å². The smallest absolute Gasteiger partial charge is 0.207 e. The number of piperidine rings is 1. The van der Waals surface area contributed by atoms with Gasteiger partial charge in [0.25, 0.3) is 0 Å². The number of hydrogen-bond donors (Lipinski definition) is 2. The van der Waals surface area contributed by atoms with Gasteiger partial charge in [-0.05, 0) is 56.5 Å². The molecule has 136 valence electrons. The van der Waals surface area contributed by atoms with Crippen molar-refractivity contribution in [3.05, 3.63) is 29.8 Å². The summed E-state index contributed by atoms with van der Waals surface area (Å²) in [7, 11) is 0. The van der Waals surface area contributed by atoms with Gasteiger partial charge in [-0.15, -0.1) is 10.2 Å². The molecule has 3 rings (SSSR count). The molecule has 3 N–H and O–H groups in total. The van der Waals surface area contributed by atoms with Crippen molar-refractivity contribution in [3.63, 3.8) is 0 Å². The summed E-state index contributed by atoms with van der Waals surface area (Å²) in [5.41, 5.74) is 6.89. The van der Waals surface area contributed by atoms with Gasteiger partial charge in [-0.1, -0.05) is 29.9 Å². The number of nitrogen functional groups attached to an aromatic ring is 1. The number of nitrogens with zero attached hydrogens (tertiary/aromatic N) is 3. The van der Waals surface area contributed by atoms with Gasteiger partial charge in [0.15, 0.2) is 0 Å². The average molecular weight is 362 g/mol. The molecule has 0 spiro atoms. The maximum Gasteiger partial charge on any atom is 0.207 e. The first-order valence-corrected chi connectivity index (χ1v) is 9.88. The molecule has 1 aromatic heterocycles. The van der Waals surface area contributed by atoms with Crippen LogP contribution in [0.1, 0.15) is 37.7 Å². The van der Waals surface area contributed by atoms with Crippen molar-refractivity contribution in [2.45, 2.75) is 38.6 Å². The van der Waals surface area contributed by atoms with E-state index in [0.29, 0.717) is 5.13 Å². The predicted molar refractivity (Wildman–Crippen MR) is 103 cm³/mol. The van der Waals surface area contributed by atoms with Crippen LogP contribution in [0.15, 0.2) is 24.3 Å². The molecule has 0 unspecified atom stereocenters. The minimum atomic E-state index is 0.496. The summed E-state index contributed by atoms with van der Waals surface area (Å²) in [6, 6.07) is 8.51. The van der Waals surface area contributed by atoms with Crippen molar-refractivity contribution < 1.29 is 4.74 Å². The topological polar surface area (TPSA) is 76.3 Å². The minimum Gasteiger partial charge on any atom is -0.494 e. The maximum absolute atomic E-state index is 5.90. The first kappa shape index (κ1) is 17.9. The third-order valence-corrected chi connectivity index (χ3v) is 5.02. The summed E-state index contributed by atoms with van der Waals surface area (Å²) in [5.74, 6) is 0.972. The van der Waals surface area contributed by atoms with Crippen LogP contribution in [0.3, 0.4) is 0 Å². The van der Waals surface area contributed by atoms with Crippen LogP contribution in [0.25, 0.3) is 0 Å². The number of hydrogen-bond acceptors (Lipinski definition) is 7. The predicted octanol–water partition coefficient (Wildman–Crippen LogP) is 3.38. The molecule has 0 amide bonds. The standard InChI is InChI=1S/C18H27N5OS/c19-17-21-22-18(25-17)20-9-2-5-12-24-16-8-6-7-15(13-16)14-23-10-3-1-4-11-23/h6-8,13H,1-5,9-12,14H2,(H2,19,21)(H,20,22). The van der Waals surface area contributed by atoms with Gasteiger partial charge in [-0.3, -0.25) is 4.90 Å². The molecule has 2 aromatic rings. The van der Waals surface area contributed by atoms with E-state index in [2.05, 4.69) is 38.6 Å². The third-order valence-electron chi connectivity index (χ3n) is 4.31. The number of nitrogens with one attached hydrogen (secondary N) is 1. The Hall–Kier alpha value is -1.86. The van der Waals surface area contributed by atoms with Crippen LogP contribution >= 0.6 is 11.3 Å². The molecular formula is C18H27N5OS. The fourth-order valence-corrected chi connectivity index (χ4v) is 3.56. The Morgan fingerprint density at radius 1 is 1.16 bits per heavy atom. The SMILES string of the molecule is Nc1nnc(NCCCCOc2cccc(CN3CCCCC3)c2)s1. The van der Waals surface area contributed by atoms with Crippen LogP contribution < -0.4 is 15.8 Å². The quantitative estimate of drug-likeness (QED) is 0.667. The van der Waals surface area contributed by atoms with Crippen molar-refractivity contribution in [2.75, 3.05) is 37.3 Å². The van der Waals surface area contributed by atoms with E-state index in [-0.39, 0.29) is 0 Å². The lowest BCUT2D eigenvalue weighted by molar-refractivity contribution is 0.220.